The first-order chi connectivity index (χ1) is 12.4. The van der Waals surface area contributed by atoms with E-state index in [1.807, 2.05) is 26.0 Å². The van der Waals surface area contributed by atoms with Crippen LogP contribution < -0.4 is 5.32 Å². The van der Waals surface area contributed by atoms with Crippen LogP contribution in [0.2, 0.25) is 10.0 Å². The number of rotatable bonds is 9. The van der Waals surface area contributed by atoms with E-state index >= 15 is 0 Å². The van der Waals surface area contributed by atoms with E-state index in [2.05, 4.69) is 5.32 Å². The molecule has 0 radical (unpaired) electrons. The van der Waals surface area contributed by atoms with Crippen molar-refractivity contribution in [3.63, 3.8) is 0 Å². The maximum absolute atomic E-state index is 12.8. The highest BCUT2D eigenvalue weighted by Gasteiger charge is 2.22. The predicted molar refractivity (Wildman–Crippen MR) is 110 cm³/mol. The van der Waals surface area contributed by atoms with Crippen LogP contribution >= 0.6 is 23.2 Å². The minimum atomic E-state index is -3.45. The highest BCUT2D eigenvalue weighted by molar-refractivity contribution is 7.89. The number of nitrogens with one attached hydrogen (secondary N) is 1. The van der Waals surface area contributed by atoms with Gasteiger partial charge in [-0.1, -0.05) is 43.1 Å². The van der Waals surface area contributed by atoms with Crippen LogP contribution in [0.1, 0.15) is 32.3 Å². The lowest BCUT2D eigenvalue weighted by Gasteiger charge is -2.21. The van der Waals surface area contributed by atoms with Crippen LogP contribution in [-0.4, -0.2) is 25.8 Å². The molecular weight excluding hydrogens is 391 g/mol. The Morgan fingerprint density at radius 2 is 1.54 bits per heavy atom. The maximum atomic E-state index is 12.8. The molecule has 0 aliphatic carbocycles. The van der Waals surface area contributed by atoms with Crippen LogP contribution in [0.4, 0.5) is 5.69 Å². The third-order valence-electron chi connectivity index (χ3n) is 3.92. The largest absolute Gasteiger partial charge is 0.381 e. The SMILES string of the molecule is CCCN(CCC)S(=O)(=O)c1ccc(NCc2ccc(Cl)c(Cl)c2)cc1. The fraction of sp³-hybridized carbons (Fsp3) is 0.368. The predicted octanol–water partition coefficient (Wildman–Crippen LogP) is 5.42. The van der Waals surface area contributed by atoms with Gasteiger partial charge >= 0.3 is 0 Å². The van der Waals surface area contributed by atoms with Crippen molar-refractivity contribution < 1.29 is 8.42 Å². The van der Waals surface area contributed by atoms with Gasteiger partial charge in [0.2, 0.25) is 10.0 Å². The Morgan fingerprint density at radius 1 is 0.923 bits per heavy atom. The van der Waals surface area contributed by atoms with Gasteiger partial charge in [0, 0.05) is 25.3 Å². The van der Waals surface area contributed by atoms with Gasteiger partial charge in [-0.2, -0.15) is 4.31 Å². The Labute approximate surface area is 166 Å². The monoisotopic (exact) mass is 414 g/mol. The van der Waals surface area contributed by atoms with Gasteiger partial charge in [0.15, 0.2) is 0 Å². The van der Waals surface area contributed by atoms with Crippen LogP contribution in [0.25, 0.3) is 0 Å². The molecule has 7 heteroatoms. The highest BCUT2D eigenvalue weighted by atomic mass is 35.5. The molecule has 0 atom stereocenters. The molecule has 0 aromatic heterocycles. The molecule has 142 valence electrons. The zero-order valence-corrected chi connectivity index (χ0v) is 17.3. The van der Waals surface area contributed by atoms with E-state index in [0.717, 1.165) is 24.1 Å². The first kappa shape index (κ1) is 21.0. The summed E-state index contributed by atoms with van der Waals surface area (Å²) in [6, 6.07) is 12.3. The van der Waals surface area contributed by atoms with Crippen LogP contribution in [0.15, 0.2) is 47.4 Å². The zero-order chi connectivity index (χ0) is 19.2. The number of nitrogens with zero attached hydrogens (tertiary/aromatic N) is 1. The summed E-state index contributed by atoms with van der Waals surface area (Å²) in [5.74, 6) is 0. The maximum Gasteiger partial charge on any atom is 0.243 e. The Morgan fingerprint density at radius 3 is 2.08 bits per heavy atom. The summed E-state index contributed by atoms with van der Waals surface area (Å²) in [5.41, 5.74) is 1.83. The summed E-state index contributed by atoms with van der Waals surface area (Å²) < 4.78 is 27.0. The molecule has 0 spiro atoms. The minimum absolute atomic E-state index is 0.319. The molecule has 0 aliphatic heterocycles. The van der Waals surface area contributed by atoms with Crippen molar-refractivity contribution in [3.05, 3.63) is 58.1 Å². The number of sulfonamides is 1. The summed E-state index contributed by atoms with van der Waals surface area (Å²) in [5, 5.41) is 4.29. The molecular formula is C19H24Cl2N2O2S. The molecule has 0 saturated heterocycles. The average molecular weight is 415 g/mol. The molecule has 0 amide bonds. The zero-order valence-electron chi connectivity index (χ0n) is 15.0. The first-order valence-corrected chi connectivity index (χ1v) is 10.9. The summed E-state index contributed by atoms with van der Waals surface area (Å²) in [7, 11) is -3.45. The summed E-state index contributed by atoms with van der Waals surface area (Å²) in [4.78, 5) is 0.319. The quantitative estimate of drug-likeness (QED) is 0.595. The lowest BCUT2D eigenvalue weighted by Crippen LogP contribution is -2.32. The Balaban J connectivity index is 2.08. The first-order valence-electron chi connectivity index (χ1n) is 8.66. The molecule has 26 heavy (non-hydrogen) atoms. The molecule has 2 rings (SSSR count). The summed E-state index contributed by atoms with van der Waals surface area (Å²) in [6.45, 7) is 5.60. The smallest absolute Gasteiger partial charge is 0.243 e. The van der Waals surface area contributed by atoms with E-state index in [-0.39, 0.29) is 0 Å². The highest BCUT2D eigenvalue weighted by Crippen LogP contribution is 2.24. The molecule has 2 aromatic rings. The van der Waals surface area contributed by atoms with Gasteiger partial charge in [-0.3, -0.25) is 0 Å². The van der Waals surface area contributed by atoms with Crippen LogP contribution in [0, 0.1) is 0 Å². The summed E-state index contributed by atoms with van der Waals surface area (Å²) in [6.07, 6.45) is 1.59. The second kappa shape index (κ2) is 9.60. The van der Waals surface area contributed by atoms with Gasteiger partial charge in [-0.15, -0.1) is 0 Å². The van der Waals surface area contributed by atoms with Crippen LogP contribution in [0.3, 0.4) is 0 Å². The number of benzene rings is 2. The lowest BCUT2D eigenvalue weighted by atomic mass is 10.2. The molecule has 0 unspecified atom stereocenters. The van der Waals surface area contributed by atoms with E-state index in [1.165, 1.54) is 0 Å². The van der Waals surface area contributed by atoms with Crippen molar-refractivity contribution in [1.29, 1.82) is 0 Å². The molecule has 2 aromatic carbocycles. The Bertz CT molecular complexity index is 818. The van der Waals surface area contributed by atoms with Crippen LogP contribution in [0.5, 0.6) is 0 Å². The number of anilines is 1. The van der Waals surface area contributed by atoms with Gasteiger partial charge in [-0.05, 0) is 54.8 Å². The number of hydrogen-bond acceptors (Lipinski definition) is 3. The molecule has 0 saturated carbocycles. The van der Waals surface area contributed by atoms with Gasteiger partial charge < -0.3 is 5.32 Å². The molecule has 4 nitrogen and oxygen atoms in total. The molecule has 0 bridgehead atoms. The van der Waals surface area contributed by atoms with E-state index in [4.69, 9.17) is 23.2 Å². The van der Waals surface area contributed by atoms with Gasteiger partial charge in [0.05, 0.1) is 14.9 Å². The standard InChI is InChI=1S/C19H24Cl2N2O2S/c1-3-11-23(12-4-2)26(24,25)17-8-6-16(7-9-17)22-14-15-5-10-18(20)19(21)13-15/h5-10,13,22H,3-4,11-12,14H2,1-2H3. The van der Waals surface area contributed by atoms with Crippen molar-refractivity contribution in [2.45, 2.75) is 38.1 Å². The molecule has 0 heterocycles. The van der Waals surface area contributed by atoms with E-state index in [9.17, 15) is 8.42 Å². The fourth-order valence-electron chi connectivity index (χ4n) is 2.60. The van der Waals surface area contributed by atoms with Crippen molar-refractivity contribution in [2.75, 3.05) is 18.4 Å². The number of hydrogen-bond donors (Lipinski definition) is 1. The van der Waals surface area contributed by atoms with Crippen LogP contribution in [-0.2, 0) is 16.6 Å². The number of halogens is 2. The molecule has 0 aliphatic rings. The van der Waals surface area contributed by atoms with Crippen molar-refractivity contribution >= 4 is 38.9 Å². The molecule has 1 N–H and O–H groups in total. The second-order valence-corrected chi connectivity index (χ2v) is 8.78. The van der Waals surface area contributed by atoms with E-state index in [0.29, 0.717) is 34.6 Å². The van der Waals surface area contributed by atoms with E-state index < -0.39 is 10.0 Å². The average Bonchev–Trinajstić information content (AvgIpc) is 2.63. The normalized spacial score (nSPS) is 11.7. The van der Waals surface area contributed by atoms with Crippen molar-refractivity contribution in [3.8, 4) is 0 Å². The Hall–Kier alpha value is -1.27. The summed E-state index contributed by atoms with van der Waals surface area (Å²) >= 11 is 11.9. The van der Waals surface area contributed by atoms with Crippen molar-refractivity contribution in [1.82, 2.24) is 4.31 Å². The van der Waals surface area contributed by atoms with Crippen molar-refractivity contribution in [2.24, 2.45) is 0 Å². The fourth-order valence-corrected chi connectivity index (χ4v) is 4.54. The lowest BCUT2D eigenvalue weighted by molar-refractivity contribution is 0.410. The minimum Gasteiger partial charge on any atom is -0.381 e. The van der Waals surface area contributed by atoms with E-state index in [1.54, 1.807) is 34.6 Å². The van der Waals surface area contributed by atoms with Gasteiger partial charge in [-0.25, -0.2) is 8.42 Å². The Kier molecular flexibility index (Phi) is 7.77. The second-order valence-electron chi connectivity index (χ2n) is 6.03. The third kappa shape index (κ3) is 5.36. The van der Waals surface area contributed by atoms with Gasteiger partial charge in [0.25, 0.3) is 0 Å². The molecule has 0 fully saturated rings. The third-order valence-corrected chi connectivity index (χ3v) is 6.57. The topological polar surface area (TPSA) is 49.4 Å². The van der Waals surface area contributed by atoms with Gasteiger partial charge in [0.1, 0.15) is 0 Å².